The zero-order valence-electron chi connectivity index (χ0n) is 10.4. The number of hydrogen-bond donors (Lipinski definition) is 1. The smallest absolute Gasteiger partial charge is 0.153 e. The molecule has 0 aliphatic carbocycles. The van der Waals surface area contributed by atoms with E-state index in [-0.39, 0.29) is 11.0 Å². The molecule has 1 atom stereocenters. The summed E-state index contributed by atoms with van der Waals surface area (Å²) in [6, 6.07) is 0. The van der Waals surface area contributed by atoms with Crippen molar-refractivity contribution in [3.63, 3.8) is 0 Å². The topological polar surface area (TPSA) is 57.6 Å². The molecule has 96 valence electrons. The Balaban J connectivity index is 2.44. The molecule has 1 heterocycles. The van der Waals surface area contributed by atoms with Crippen molar-refractivity contribution in [2.75, 3.05) is 25.4 Å². The van der Waals surface area contributed by atoms with E-state index in [0.29, 0.717) is 13.1 Å². The van der Waals surface area contributed by atoms with Gasteiger partial charge >= 0.3 is 0 Å². The molecule has 16 heavy (non-hydrogen) atoms. The molecule has 1 unspecified atom stereocenters. The predicted molar refractivity (Wildman–Crippen MR) is 65.2 cm³/mol. The summed E-state index contributed by atoms with van der Waals surface area (Å²) in [5.74, 6) is 0.195. The lowest BCUT2D eigenvalue weighted by Gasteiger charge is -2.36. The fourth-order valence-electron chi connectivity index (χ4n) is 2.01. The van der Waals surface area contributed by atoms with Crippen LogP contribution >= 0.6 is 0 Å². The Labute approximate surface area is 98.6 Å². The van der Waals surface area contributed by atoms with E-state index in [1.807, 2.05) is 11.8 Å². The van der Waals surface area contributed by atoms with Crippen molar-refractivity contribution < 1.29 is 13.5 Å². The first-order valence-electron chi connectivity index (χ1n) is 5.89. The highest BCUT2D eigenvalue weighted by Gasteiger charge is 2.29. The van der Waals surface area contributed by atoms with Crippen molar-refractivity contribution in [3.05, 3.63) is 0 Å². The maximum atomic E-state index is 11.6. The second-order valence-corrected chi connectivity index (χ2v) is 7.97. The molecule has 5 heteroatoms. The van der Waals surface area contributed by atoms with Crippen LogP contribution in [0.1, 0.15) is 33.6 Å². The molecule has 0 aromatic carbocycles. The van der Waals surface area contributed by atoms with Crippen molar-refractivity contribution >= 4 is 9.84 Å². The van der Waals surface area contributed by atoms with Gasteiger partial charge < -0.3 is 5.11 Å². The minimum absolute atomic E-state index is 0.195. The quantitative estimate of drug-likeness (QED) is 0.795. The molecule has 0 spiro atoms. The number of piperidine rings is 1. The van der Waals surface area contributed by atoms with E-state index in [0.717, 1.165) is 19.4 Å². The molecule has 4 nitrogen and oxygen atoms in total. The summed E-state index contributed by atoms with van der Waals surface area (Å²) < 4.78 is 23.3. The number of hydrogen-bond acceptors (Lipinski definition) is 4. The van der Waals surface area contributed by atoms with Crippen LogP contribution in [-0.2, 0) is 9.84 Å². The van der Waals surface area contributed by atoms with E-state index in [4.69, 9.17) is 0 Å². The van der Waals surface area contributed by atoms with Gasteiger partial charge in [-0.05, 0) is 40.2 Å². The van der Waals surface area contributed by atoms with E-state index in [1.54, 1.807) is 13.8 Å². The van der Waals surface area contributed by atoms with Crippen LogP contribution in [0.25, 0.3) is 0 Å². The van der Waals surface area contributed by atoms with Crippen LogP contribution < -0.4 is 0 Å². The third kappa shape index (κ3) is 4.03. The molecule has 1 N–H and O–H groups in total. The van der Waals surface area contributed by atoms with Crippen LogP contribution in [-0.4, -0.2) is 54.7 Å². The summed E-state index contributed by atoms with van der Waals surface area (Å²) in [5.41, 5.74) is -0.653. The Bertz CT molecular complexity index is 322. The number of nitrogens with zero attached hydrogens (tertiary/aromatic N) is 1. The fraction of sp³-hybridized carbons (Fsp3) is 1.00. The van der Waals surface area contributed by atoms with Gasteiger partial charge in [0.05, 0.1) is 16.6 Å². The van der Waals surface area contributed by atoms with Crippen molar-refractivity contribution in [3.8, 4) is 0 Å². The molecule has 0 aromatic heterocycles. The van der Waals surface area contributed by atoms with E-state index in [2.05, 4.69) is 0 Å². The van der Waals surface area contributed by atoms with E-state index >= 15 is 0 Å². The largest absolute Gasteiger partial charge is 0.389 e. The Morgan fingerprint density at radius 1 is 1.44 bits per heavy atom. The summed E-state index contributed by atoms with van der Waals surface area (Å²) in [6.45, 7) is 7.25. The molecule has 1 aliphatic rings. The lowest BCUT2D eigenvalue weighted by Crippen LogP contribution is -2.47. The summed E-state index contributed by atoms with van der Waals surface area (Å²) >= 11 is 0. The first kappa shape index (κ1) is 13.9. The van der Waals surface area contributed by atoms with Gasteiger partial charge in [0, 0.05) is 13.1 Å². The van der Waals surface area contributed by atoms with Gasteiger partial charge in [-0.3, -0.25) is 4.90 Å². The van der Waals surface area contributed by atoms with Crippen molar-refractivity contribution in [2.24, 2.45) is 0 Å². The van der Waals surface area contributed by atoms with E-state index in [9.17, 15) is 13.5 Å². The Morgan fingerprint density at radius 2 is 2.06 bits per heavy atom. The Hall–Kier alpha value is -0.130. The third-order valence-electron chi connectivity index (χ3n) is 3.16. The van der Waals surface area contributed by atoms with Gasteiger partial charge in [-0.1, -0.05) is 0 Å². The molecule has 1 rings (SSSR count). The molecule has 1 fully saturated rings. The molecule has 0 amide bonds. The fourth-order valence-corrected chi connectivity index (χ4v) is 2.99. The number of sulfone groups is 1. The molecular formula is C11H23NO3S. The zero-order chi connectivity index (χ0) is 12.4. The average molecular weight is 249 g/mol. The van der Waals surface area contributed by atoms with Crippen molar-refractivity contribution in [1.29, 1.82) is 0 Å². The third-order valence-corrected chi connectivity index (χ3v) is 5.35. The maximum absolute atomic E-state index is 11.6. The van der Waals surface area contributed by atoms with Gasteiger partial charge in [0.1, 0.15) is 0 Å². The van der Waals surface area contributed by atoms with Crippen molar-refractivity contribution in [2.45, 2.75) is 44.5 Å². The monoisotopic (exact) mass is 249 g/mol. The van der Waals surface area contributed by atoms with Gasteiger partial charge in [0.15, 0.2) is 9.84 Å². The number of likely N-dealkylation sites (tertiary alicyclic amines) is 1. The lowest BCUT2D eigenvalue weighted by atomic mass is 9.95. The zero-order valence-corrected chi connectivity index (χ0v) is 11.3. The summed E-state index contributed by atoms with van der Waals surface area (Å²) in [7, 11) is -2.96. The minimum atomic E-state index is -2.96. The van der Waals surface area contributed by atoms with Gasteiger partial charge in [-0.2, -0.15) is 0 Å². The first-order chi connectivity index (χ1) is 7.23. The highest BCUT2D eigenvalue weighted by Crippen LogP contribution is 2.20. The van der Waals surface area contributed by atoms with Crippen LogP contribution in [0.3, 0.4) is 0 Å². The summed E-state index contributed by atoms with van der Waals surface area (Å²) in [6.07, 6.45) is 1.75. The molecule has 1 aliphatic heterocycles. The molecule has 0 aromatic rings. The van der Waals surface area contributed by atoms with E-state index < -0.39 is 15.4 Å². The van der Waals surface area contributed by atoms with Crippen LogP contribution in [0.2, 0.25) is 0 Å². The van der Waals surface area contributed by atoms with Gasteiger partial charge in [0.25, 0.3) is 0 Å². The highest BCUT2D eigenvalue weighted by atomic mass is 32.2. The Kier molecular flexibility index (Phi) is 4.37. The van der Waals surface area contributed by atoms with Crippen LogP contribution in [0.5, 0.6) is 0 Å². The highest BCUT2D eigenvalue weighted by molar-refractivity contribution is 7.92. The van der Waals surface area contributed by atoms with Gasteiger partial charge in [-0.25, -0.2) is 8.42 Å². The summed E-state index contributed by atoms with van der Waals surface area (Å²) in [4.78, 5) is 2.05. The standard InChI is InChI=1S/C11H23NO3S/c1-10(2)16(14,15)8-7-12-6-4-5-11(3,13)9-12/h10,13H,4-9H2,1-3H3. The molecule has 0 bridgehead atoms. The second kappa shape index (κ2) is 5.02. The van der Waals surface area contributed by atoms with Gasteiger partial charge in [-0.15, -0.1) is 0 Å². The molecular weight excluding hydrogens is 226 g/mol. The predicted octanol–water partition coefficient (Wildman–Crippen LogP) is 0.656. The maximum Gasteiger partial charge on any atom is 0.153 e. The SMILES string of the molecule is CC(C)S(=O)(=O)CCN1CCCC(C)(O)C1. The molecule has 0 saturated carbocycles. The number of aliphatic hydroxyl groups is 1. The number of rotatable bonds is 4. The molecule has 1 saturated heterocycles. The van der Waals surface area contributed by atoms with Crippen molar-refractivity contribution in [1.82, 2.24) is 4.90 Å². The normalized spacial score (nSPS) is 28.6. The first-order valence-corrected chi connectivity index (χ1v) is 7.61. The Morgan fingerprint density at radius 3 is 2.56 bits per heavy atom. The van der Waals surface area contributed by atoms with Crippen LogP contribution in [0, 0.1) is 0 Å². The minimum Gasteiger partial charge on any atom is -0.389 e. The van der Waals surface area contributed by atoms with Crippen LogP contribution in [0.4, 0.5) is 0 Å². The number of β-amino-alcohol motifs (C(OH)–C–C–N with tert-alkyl or cyclic N) is 1. The van der Waals surface area contributed by atoms with Gasteiger partial charge in [0.2, 0.25) is 0 Å². The second-order valence-electron chi connectivity index (χ2n) is 5.29. The molecule has 0 radical (unpaired) electrons. The summed E-state index contributed by atoms with van der Waals surface area (Å²) in [5, 5.41) is 9.58. The van der Waals surface area contributed by atoms with E-state index in [1.165, 1.54) is 0 Å². The van der Waals surface area contributed by atoms with Crippen LogP contribution in [0.15, 0.2) is 0 Å². The lowest BCUT2D eigenvalue weighted by molar-refractivity contribution is -0.0134. The average Bonchev–Trinajstić information content (AvgIpc) is 2.13.